The fourth-order valence-electron chi connectivity index (χ4n) is 1.89. The molecule has 0 radical (unpaired) electrons. The lowest BCUT2D eigenvalue weighted by Gasteiger charge is -2.10. The van der Waals surface area contributed by atoms with Gasteiger partial charge in [0.15, 0.2) is 5.78 Å². The van der Waals surface area contributed by atoms with Crippen LogP contribution in [0.15, 0.2) is 12.1 Å². The standard InChI is InChI=1S/C13H14ClNO2/c1-3-7(2)13(17)9-4-8-5-12(16)15-11(8)6-10(9)14/h4,6-7H,3,5H2,1-2H3,(H,15,16). The minimum absolute atomic E-state index is 0.0413. The maximum absolute atomic E-state index is 12.1. The van der Waals surface area contributed by atoms with Gasteiger partial charge in [-0.15, -0.1) is 0 Å². The quantitative estimate of drug-likeness (QED) is 0.840. The zero-order valence-corrected chi connectivity index (χ0v) is 10.6. The molecule has 0 bridgehead atoms. The largest absolute Gasteiger partial charge is 0.325 e. The highest BCUT2D eigenvalue weighted by atomic mass is 35.5. The van der Waals surface area contributed by atoms with E-state index in [1.807, 2.05) is 13.8 Å². The Labute approximate surface area is 105 Å². The van der Waals surface area contributed by atoms with Gasteiger partial charge in [0.25, 0.3) is 0 Å². The average Bonchev–Trinajstić information content (AvgIpc) is 2.65. The second-order valence-corrected chi connectivity index (χ2v) is 4.79. The van der Waals surface area contributed by atoms with Crippen LogP contribution in [0.1, 0.15) is 36.2 Å². The van der Waals surface area contributed by atoms with Gasteiger partial charge in [0, 0.05) is 17.2 Å². The van der Waals surface area contributed by atoms with Crippen molar-refractivity contribution < 1.29 is 9.59 Å². The number of anilines is 1. The summed E-state index contributed by atoms with van der Waals surface area (Å²) in [5.74, 6) is -0.0560. The van der Waals surface area contributed by atoms with Gasteiger partial charge in [-0.3, -0.25) is 9.59 Å². The van der Waals surface area contributed by atoms with Crippen LogP contribution >= 0.6 is 11.6 Å². The topological polar surface area (TPSA) is 46.2 Å². The summed E-state index contributed by atoms with van der Waals surface area (Å²) in [6.07, 6.45) is 1.11. The number of carbonyl (C=O) groups is 2. The first kappa shape index (κ1) is 12.1. The molecule has 1 aromatic rings. The van der Waals surface area contributed by atoms with Crippen molar-refractivity contribution in [3.8, 4) is 0 Å². The number of halogens is 1. The molecule has 1 atom stereocenters. The number of ketones is 1. The summed E-state index contributed by atoms with van der Waals surface area (Å²) < 4.78 is 0. The maximum Gasteiger partial charge on any atom is 0.228 e. The lowest BCUT2D eigenvalue weighted by atomic mass is 9.95. The van der Waals surface area contributed by atoms with Crippen LogP contribution in [-0.2, 0) is 11.2 Å². The summed E-state index contributed by atoms with van der Waals surface area (Å²) in [5, 5.41) is 3.13. The molecule has 1 N–H and O–H groups in total. The van der Waals surface area contributed by atoms with Crippen LogP contribution in [0.4, 0.5) is 5.69 Å². The first-order valence-corrected chi connectivity index (χ1v) is 6.07. The molecule has 0 spiro atoms. The number of benzene rings is 1. The molecule has 1 aliphatic rings. The Kier molecular flexibility index (Phi) is 3.20. The monoisotopic (exact) mass is 251 g/mol. The molecule has 90 valence electrons. The van der Waals surface area contributed by atoms with Gasteiger partial charge in [0.2, 0.25) is 5.91 Å². The van der Waals surface area contributed by atoms with E-state index in [9.17, 15) is 9.59 Å². The summed E-state index contributed by atoms with van der Waals surface area (Å²) in [5.41, 5.74) is 2.10. The molecule has 0 saturated heterocycles. The van der Waals surface area contributed by atoms with E-state index in [1.165, 1.54) is 0 Å². The number of Topliss-reactive ketones (excluding diaryl/α,β-unsaturated/α-hetero) is 1. The Balaban J connectivity index is 2.40. The molecule has 1 unspecified atom stereocenters. The Hall–Kier alpha value is -1.35. The van der Waals surface area contributed by atoms with Crippen molar-refractivity contribution in [1.29, 1.82) is 0 Å². The molecule has 1 aromatic carbocycles. The summed E-state index contributed by atoms with van der Waals surface area (Å²) in [7, 11) is 0. The van der Waals surface area contributed by atoms with Crippen LogP contribution in [0.3, 0.4) is 0 Å². The number of amides is 1. The van der Waals surface area contributed by atoms with E-state index in [0.717, 1.165) is 17.7 Å². The summed E-state index contributed by atoms with van der Waals surface area (Å²) in [6.45, 7) is 3.85. The Bertz CT molecular complexity index is 496. The summed E-state index contributed by atoms with van der Waals surface area (Å²) in [4.78, 5) is 23.3. The van der Waals surface area contributed by atoms with Gasteiger partial charge >= 0.3 is 0 Å². The number of nitrogens with one attached hydrogen (secondary N) is 1. The van der Waals surface area contributed by atoms with Crippen LogP contribution in [0.25, 0.3) is 0 Å². The maximum atomic E-state index is 12.1. The molecule has 0 fully saturated rings. The number of carbonyl (C=O) groups excluding carboxylic acids is 2. The Morgan fingerprint density at radius 1 is 1.53 bits per heavy atom. The summed E-state index contributed by atoms with van der Waals surface area (Å²) in [6, 6.07) is 3.40. The Morgan fingerprint density at radius 3 is 2.88 bits per heavy atom. The molecule has 0 aliphatic carbocycles. The fraction of sp³-hybridized carbons (Fsp3) is 0.385. The predicted octanol–water partition coefficient (Wildman–Crippen LogP) is 3.06. The average molecular weight is 252 g/mol. The van der Waals surface area contributed by atoms with E-state index in [4.69, 9.17) is 11.6 Å². The van der Waals surface area contributed by atoms with Crippen LogP contribution in [0.2, 0.25) is 5.02 Å². The molecule has 0 saturated carbocycles. The lowest BCUT2D eigenvalue weighted by Crippen LogP contribution is -2.11. The van der Waals surface area contributed by atoms with Gasteiger partial charge in [-0.25, -0.2) is 0 Å². The molecule has 0 aromatic heterocycles. The van der Waals surface area contributed by atoms with Crippen LogP contribution in [0, 0.1) is 5.92 Å². The van der Waals surface area contributed by atoms with Crippen LogP contribution in [-0.4, -0.2) is 11.7 Å². The zero-order valence-electron chi connectivity index (χ0n) is 9.84. The van der Waals surface area contributed by atoms with Crippen molar-refractivity contribution in [1.82, 2.24) is 0 Å². The third-order valence-corrected chi connectivity index (χ3v) is 3.46. The lowest BCUT2D eigenvalue weighted by molar-refractivity contribution is -0.115. The number of fused-ring (bicyclic) bond motifs is 1. The summed E-state index contributed by atoms with van der Waals surface area (Å²) >= 11 is 6.08. The van der Waals surface area contributed by atoms with Crippen molar-refractivity contribution in [3.05, 3.63) is 28.3 Å². The highest BCUT2D eigenvalue weighted by Crippen LogP contribution is 2.31. The van der Waals surface area contributed by atoms with Crippen molar-refractivity contribution in [2.75, 3.05) is 5.32 Å². The minimum Gasteiger partial charge on any atom is -0.325 e. The second kappa shape index (κ2) is 4.49. The number of rotatable bonds is 3. The van der Waals surface area contributed by atoms with Gasteiger partial charge in [-0.1, -0.05) is 25.4 Å². The molecular formula is C13H14ClNO2. The number of hydrogen-bond donors (Lipinski definition) is 1. The second-order valence-electron chi connectivity index (χ2n) is 4.39. The third kappa shape index (κ3) is 2.20. The van der Waals surface area contributed by atoms with Gasteiger partial charge in [0.1, 0.15) is 0 Å². The molecule has 17 heavy (non-hydrogen) atoms. The highest BCUT2D eigenvalue weighted by molar-refractivity contribution is 6.34. The van der Waals surface area contributed by atoms with Gasteiger partial charge in [0.05, 0.1) is 11.4 Å². The van der Waals surface area contributed by atoms with E-state index in [2.05, 4.69) is 5.32 Å². The van der Waals surface area contributed by atoms with Gasteiger partial charge in [-0.05, 0) is 24.1 Å². The van der Waals surface area contributed by atoms with E-state index in [0.29, 0.717) is 17.0 Å². The molecule has 1 heterocycles. The first-order chi connectivity index (χ1) is 8.02. The molecule has 3 nitrogen and oxygen atoms in total. The zero-order chi connectivity index (χ0) is 12.6. The third-order valence-electron chi connectivity index (χ3n) is 3.14. The SMILES string of the molecule is CCC(C)C(=O)c1cc2c(cc1Cl)NC(=O)C2. The molecule has 1 amide bonds. The smallest absolute Gasteiger partial charge is 0.228 e. The number of hydrogen-bond acceptors (Lipinski definition) is 2. The van der Waals surface area contributed by atoms with Gasteiger partial charge < -0.3 is 5.32 Å². The van der Waals surface area contributed by atoms with E-state index in [-0.39, 0.29) is 17.6 Å². The van der Waals surface area contributed by atoms with E-state index in [1.54, 1.807) is 12.1 Å². The highest BCUT2D eigenvalue weighted by Gasteiger charge is 2.23. The first-order valence-electron chi connectivity index (χ1n) is 5.69. The predicted molar refractivity (Wildman–Crippen MR) is 67.6 cm³/mol. The molecular weight excluding hydrogens is 238 g/mol. The van der Waals surface area contributed by atoms with Crippen molar-refractivity contribution in [3.63, 3.8) is 0 Å². The molecule has 2 rings (SSSR count). The Morgan fingerprint density at radius 2 is 2.24 bits per heavy atom. The van der Waals surface area contributed by atoms with E-state index >= 15 is 0 Å². The minimum atomic E-state index is -0.0517. The normalized spacial score (nSPS) is 15.4. The van der Waals surface area contributed by atoms with Crippen molar-refractivity contribution in [2.45, 2.75) is 26.7 Å². The van der Waals surface area contributed by atoms with Crippen molar-refractivity contribution >= 4 is 29.0 Å². The van der Waals surface area contributed by atoms with Crippen molar-refractivity contribution in [2.24, 2.45) is 5.92 Å². The van der Waals surface area contributed by atoms with Gasteiger partial charge in [-0.2, -0.15) is 0 Å². The van der Waals surface area contributed by atoms with E-state index < -0.39 is 0 Å². The molecule has 4 heteroatoms. The fourth-order valence-corrected chi connectivity index (χ4v) is 2.14. The van der Waals surface area contributed by atoms with Crippen LogP contribution < -0.4 is 5.32 Å². The molecule has 1 aliphatic heterocycles. The van der Waals surface area contributed by atoms with Crippen LogP contribution in [0.5, 0.6) is 0 Å².